The summed E-state index contributed by atoms with van der Waals surface area (Å²) in [5.74, 6) is 0.319. The highest BCUT2D eigenvalue weighted by atomic mass is 16.3. The molecular formula is C16H18O. The first-order chi connectivity index (χ1) is 8.20. The summed E-state index contributed by atoms with van der Waals surface area (Å²) in [4.78, 5) is 0. The maximum atomic E-state index is 9.50. The second-order valence-electron chi connectivity index (χ2n) is 4.45. The van der Waals surface area contributed by atoms with Gasteiger partial charge in [0.25, 0.3) is 0 Å². The molecule has 2 rings (SSSR count). The summed E-state index contributed by atoms with van der Waals surface area (Å²) < 4.78 is 0. The Morgan fingerprint density at radius 1 is 1.06 bits per heavy atom. The third-order valence-electron chi connectivity index (χ3n) is 2.99. The van der Waals surface area contributed by atoms with Crippen LogP contribution in [0, 0.1) is 6.92 Å². The van der Waals surface area contributed by atoms with Gasteiger partial charge in [0.15, 0.2) is 0 Å². The minimum Gasteiger partial charge on any atom is -0.508 e. The molecule has 0 radical (unpaired) electrons. The number of phenols is 1. The van der Waals surface area contributed by atoms with Gasteiger partial charge in [-0.3, -0.25) is 0 Å². The van der Waals surface area contributed by atoms with Crippen LogP contribution in [0.2, 0.25) is 0 Å². The third kappa shape index (κ3) is 2.68. The van der Waals surface area contributed by atoms with Gasteiger partial charge in [0, 0.05) is 0 Å². The van der Waals surface area contributed by atoms with Crippen LogP contribution >= 0.6 is 0 Å². The number of phenolic OH excluding ortho intramolecular Hbond substituents is 1. The van der Waals surface area contributed by atoms with Crippen molar-refractivity contribution in [2.75, 3.05) is 0 Å². The molecule has 0 atom stereocenters. The molecule has 0 spiro atoms. The van der Waals surface area contributed by atoms with Gasteiger partial charge in [0.1, 0.15) is 5.75 Å². The lowest BCUT2D eigenvalue weighted by Crippen LogP contribution is -1.88. The molecule has 0 saturated heterocycles. The van der Waals surface area contributed by atoms with Gasteiger partial charge in [-0.1, -0.05) is 43.7 Å². The molecule has 0 fully saturated rings. The Balaban J connectivity index is 2.39. The quantitative estimate of drug-likeness (QED) is 0.826. The van der Waals surface area contributed by atoms with Crippen LogP contribution in [-0.2, 0) is 6.42 Å². The van der Waals surface area contributed by atoms with Gasteiger partial charge in [-0.05, 0) is 47.7 Å². The molecule has 0 heterocycles. The van der Waals surface area contributed by atoms with Gasteiger partial charge in [0.05, 0.1) is 0 Å². The van der Waals surface area contributed by atoms with Crippen molar-refractivity contribution >= 4 is 0 Å². The minimum atomic E-state index is 0.319. The van der Waals surface area contributed by atoms with Crippen molar-refractivity contribution in [3.8, 4) is 16.9 Å². The second kappa shape index (κ2) is 5.05. The van der Waals surface area contributed by atoms with E-state index in [1.807, 2.05) is 18.2 Å². The molecule has 0 aliphatic rings. The summed E-state index contributed by atoms with van der Waals surface area (Å²) in [6, 6.07) is 14.0. The first kappa shape index (κ1) is 11.7. The Morgan fingerprint density at radius 3 is 2.53 bits per heavy atom. The SMILES string of the molecule is CCCc1ccc(-c2cccc(O)c2)c(C)c1. The lowest BCUT2D eigenvalue weighted by Gasteiger charge is -2.08. The monoisotopic (exact) mass is 226 g/mol. The average Bonchev–Trinajstić information content (AvgIpc) is 2.29. The van der Waals surface area contributed by atoms with Gasteiger partial charge in [0.2, 0.25) is 0 Å². The zero-order valence-corrected chi connectivity index (χ0v) is 10.4. The molecule has 2 aromatic rings. The Morgan fingerprint density at radius 2 is 1.88 bits per heavy atom. The van der Waals surface area contributed by atoms with E-state index >= 15 is 0 Å². The number of aromatic hydroxyl groups is 1. The zero-order valence-electron chi connectivity index (χ0n) is 10.4. The summed E-state index contributed by atoms with van der Waals surface area (Å²) in [6.45, 7) is 4.32. The van der Waals surface area contributed by atoms with E-state index in [9.17, 15) is 5.11 Å². The molecule has 1 nitrogen and oxygen atoms in total. The molecule has 1 N–H and O–H groups in total. The molecule has 0 bridgehead atoms. The van der Waals surface area contributed by atoms with Gasteiger partial charge in [-0.15, -0.1) is 0 Å². The highest BCUT2D eigenvalue weighted by Gasteiger charge is 2.03. The topological polar surface area (TPSA) is 20.2 Å². The van der Waals surface area contributed by atoms with Gasteiger partial charge in [-0.2, -0.15) is 0 Å². The maximum absolute atomic E-state index is 9.50. The molecular weight excluding hydrogens is 208 g/mol. The third-order valence-corrected chi connectivity index (χ3v) is 2.99. The summed E-state index contributed by atoms with van der Waals surface area (Å²) >= 11 is 0. The van der Waals surface area contributed by atoms with E-state index in [1.54, 1.807) is 6.07 Å². The molecule has 0 saturated carbocycles. The fourth-order valence-corrected chi connectivity index (χ4v) is 2.17. The maximum Gasteiger partial charge on any atom is 0.116 e. The van der Waals surface area contributed by atoms with E-state index in [2.05, 4.69) is 32.0 Å². The largest absolute Gasteiger partial charge is 0.508 e. The predicted molar refractivity (Wildman–Crippen MR) is 72.3 cm³/mol. The van der Waals surface area contributed by atoms with Crippen molar-refractivity contribution in [3.63, 3.8) is 0 Å². The minimum absolute atomic E-state index is 0.319. The van der Waals surface area contributed by atoms with Crippen LogP contribution < -0.4 is 0 Å². The van der Waals surface area contributed by atoms with Crippen LogP contribution in [0.25, 0.3) is 11.1 Å². The van der Waals surface area contributed by atoms with Gasteiger partial charge >= 0.3 is 0 Å². The molecule has 17 heavy (non-hydrogen) atoms. The van der Waals surface area contributed by atoms with Crippen molar-refractivity contribution < 1.29 is 5.11 Å². The molecule has 0 aliphatic carbocycles. The Hall–Kier alpha value is -1.76. The van der Waals surface area contributed by atoms with Crippen molar-refractivity contribution in [2.45, 2.75) is 26.7 Å². The molecule has 0 aromatic heterocycles. The molecule has 0 unspecified atom stereocenters. The zero-order chi connectivity index (χ0) is 12.3. The average molecular weight is 226 g/mol. The van der Waals surface area contributed by atoms with Crippen LogP contribution in [0.1, 0.15) is 24.5 Å². The van der Waals surface area contributed by atoms with Crippen molar-refractivity contribution in [3.05, 3.63) is 53.6 Å². The van der Waals surface area contributed by atoms with Crippen LogP contribution in [0.15, 0.2) is 42.5 Å². The lowest BCUT2D eigenvalue weighted by molar-refractivity contribution is 0.475. The lowest BCUT2D eigenvalue weighted by atomic mass is 9.97. The first-order valence-corrected chi connectivity index (χ1v) is 6.09. The molecule has 88 valence electrons. The number of benzene rings is 2. The van der Waals surface area contributed by atoms with Crippen molar-refractivity contribution in [1.29, 1.82) is 0 Å². The van der Waals surface area contributed by atoms with Crippen molar-refractivity contribution in [2.24, 2.45) is 0 Å². The smallest absolute Gasteiger partial charge is 0.116 e. The molecule has 0 amide bonds. The van der Waals surface area contributed by atoms with Gasteiger partial charge < -0.3 is 5.11 Å². The van der Waals surface area contributed by atoms with Crippen molar-refractivity contribution in [1.82, 2.24) is 0 Å². The van der Waals surface area contributed by atoms with E-state index in [-0.39, 0.29) is 0 Å². The fraction of sp³-hybridized carbons (Fsp3) is 0.250. The summed E-state index contributed by atoms with van der Waals surface area (Å²) in [6.07, 6.45) is 2.30. The number of hydrogen-bond acceptors (Lipinski definition) is 1. The summed E-state index contributed by atoms with van der Waals surface area (Å²) in [5.41, 5.74) is 4.92. The molecule has 2 aromatic carbocycles. The van der Waals surface area contributed by atoms with Crippen LogP contribution in [0.5, 0.6) is 5.75 Å². The number of rotatable bonds is 3. The van der Waals surface area contributed by atoms with E-state index in [0.29, 0.717) is 5.75 Å². The second-order valence-corrected chi connectivity index (χ2v) is 4.45. The summed E-state index contributed by atoms with van der Waals surface area (Å²) in [7, 11) is 0. The highest BCUT2D eigenvalue weighted by molar-refractivity contribution is 5.68. The van der Waals surface area contributed by atoms with Crippen LogP contribution in [-0.4, -0.2) is 5.11 Å². The standard InChI is InChI=1S/C16H18O/c1-3-5-13-8-9-16(12(2)10-13)14-6-4-7-15(17)11-14/h4,6-11,17H,3,5H2,1-2H3. The van der Waals surface area contributed by atoms with E-state index in [0.717, 1.165) is 12.0 Å². The van der Waals surface area contributed by atoms with Crippen LogP contribution in [0.4, 0.5) is 0 Å². The Labute approximate surface area is 103 Å². The van der Waals surface area contributed by atoms with E-state index in [1.165, 1.54) is 23.1 Å². The van der Waals surface area contributed by atoms with Gasteiger partial charge in [-0.25, -0.2) is 0 Å². The fourth-order valence-electron chi connectivity index (χ4n) is 2.17. The Kier molecular flexibility index (Phi) is 3.48. The number of hydrogen-bond donors (Lipinski definition) is 1. The predicted octanol–water partition coefficient (Wildman–Crippen LogP) is 4.32. The molecule has 0 aliphatic heterocycles. The number of aryl methyl sites for hydroxylation is 2. The molecule has 1 heteroatoms. The normalized spacial score (nSPS) is 10.5. The van der Waals surface area contributed by atoms with E-state index in [4.69, 9.17) is 0 Å². The Bertz CT molecular complexity index is 515. The van der Waals surface area contributed by atoms with Crippen LogP contribution in [0.3, 0.4) is 0 Å². The first-order valence-electron chi connectivity index (χ1n) is 6.09. The highest BCUT2D eigenvalue weighted by Crippen LogP contribution is 2.27. The van der Waals surface area contributed by atoms with E-state index < -0.39 is 0 Å². The summed E-state index contributed by atoms with van der Waals surface area (Å²) in [5, 5.41) is 9.50.